The number of amides is 2. The zero-order valence-electron chi connectivity index (χ0n) is 13.4. The van der Waals surface area contributed by atoms with Crippen molar-refractivity contribution in [3.8, 4) is 0 Å². The number of aryl methyl sites for hydroxylation is 2. The standard InChI is InChI=1S/C16H22N4OS/c1-11-15(12(2)19-18-11)9-17-16(21)20(3)10-13-6-5-7-14(8-13)22-4/h5-8H,9-10H2,1-4H3,(H,17,21)(H,18,19). The number of hydrogen-bond donors (Lipinski definition) is 2. The number of carbonyl (C=O) groups is 1. The molecule has 1 aromatic heterocycles. The van der Waals surface area contributed by atoms with E-state index in [-0.39, 0.29) is 6.03 Å². The molecule has 2 aromatic rings. The number of nitrogens with one attached hydrogen (secondary N) is 2. The summed E-state index contributed by atoms with van der Waals surface area (Å²) in [4.78, 5) is 15.1. The van der Waals surface area contributed by atoms with Crippen LogP contribution in [0.25, 0.3) is 0 Å². The molecule has 0 fully saturated rings. The number of urea groups is 1. The van der Waals surface area contributed by atoms with Crippen LogP contribution in [0.1, 0.15) is 22.5 Å². The van der Waals surface area contributed by atoms with Gasteiger partial charge in [0, 0.05) is 36.3 Å². The minimum atomic E-state index is -0.0884. The third-order valence-corrected chi connectivity index (χ3v) is 4.32. The van der Waals surface area contributed by atoms with Gasteiger partial charge in [-0.2, -0.15) is 5.10 Å². The SMILES string of the molecule is CSc1cccc(CN(C)C(=O)NCc2c(C)n[nH]c2C)c1. The van der Waals surface area contributed by atoms with Crippen molar-refractivity contribution in [1.29, 1.82) is 0 Å². The first kappa shape index (κ1) is 16.4. The van der Waals surface area contributed by atoms with Gasteiger partial charge in [0.2, 0.25) is 0 Å². The number of nitrogens with zero attached hydrogens (tertiary/aromatic N) is 2. The summed E-state index contributed by atoms with van der Waals surface area (Å²) in [6.07, 6.45) is 2.05. The van der Waals surface area contributed by atoms with Crippen LogP contribution in [0.15, 0.2) is 29.2 Å². The van der Waals surface area contributed by atoms with E-state index in [2.05, 4.69) is 27.6 Å². The van der Waals surface area contributed by atoms with Gasteiger partial charge in [-0.25, -0.2) is 4.79 Å². The summed E-state index contributed by atoms with van der Waals surface area (Å²) in [7, 11) is 1.80. The highest BCUT2D eigenvalue weighted by atomic mass is 32.2. The molecule has 0 aliphatic rings. The number of aromatic amines is 1. The van der Waals surface area contributed by atoms with Crippen LogP contribution in [0.3, 0.4) is 0 Å². The summed E-state index contributed by atoms with van der Waals surface area (Å²) in [6, 6.07) is 8.14. The number of hydrogen-bond acceptors (Lipinski definition) is 3. The van der Waals surface area contributed by atoms with Crippen molar-refractivity contribution >= 4 is 17.8 Å². The molecule has 1 aromatic carbocycles. The molecule has 0 unspecified atom stereocenters. The van der Waals surface area contributed by atoms with E-state index in [1.54, 1.807) is 23.7 Å². The monoisotopic (exact) mass is 318 g/mol. The fourth-order valence-corrected chi connectivity index (χ4v) is 2.73. The van der Waals surface area contributed by atoms with E-state index in [0.717, 1.165) is 22.5 Å². The molecule has 0 radical (unpaired) electrons. The highest BCUT2D eigenvalue weighted by Crippen LogP contribution is 2.16. The van der Waals surface area contributed by atoms with Gasteiger partial charge in [-0.05, 0) is 37.8 Å². The van der Waals surface area contributed by atoms with Gasteiger partial charge in [0.25, 0.3) is 0 Å². The van der Waals surface area contributed by atoms with Crippen LogP contribution in [-0.4, -0.2) is 34.4 Å². The number of carbonyl (C=O) groups excluding carboxylic acids is 1. The second-order valence-electron chi connectivity index (χ2n) is 5.28. The number of rotatable bonds is 5. The van der Waals surface area contributed by atoms with Crippen LogP contribution < -0.4 is 5.32 Å². The Morgan fingerprint density at radius 2 is 2.18 bits per heavy atom. The predicted molar refractivity (Wildman–Crippen MR) is 90.0 cm³/mol. The summed E-state index contributed by atoms with van der Waals surface area (Å²) >= 11 is 1.70. The topological polar surface area (TPSA) is 61.0 Å². The minimum absolute atomic E-state index is 0.0884. The van der Waals surface area contributed by atoms with Crippen LogP contribution in [-0.2, 0) is 13.1 Å². The van der Waals surface area contributed by atoms with Crippen LogP contribution in [0.2, 0.25) is 0 Å². The molecule has 2 amide bonds. The highest BCUT2D eigenvalue weighted by Gasteiger charge is 2.12. The zero-order chi connectivity index (χ0) is 16.1. The lowest BCUT2D eigenvalue weighted by Crippen LogP contribution is -2.36. The van der Waals surface area contributed by atoms with Gasteiger partial charge in [0.15, 0.2) is 0 Å². The van der Waals surface area contributed by atoms with Gasteiger partial charge < -0.3 is 10.2 Å². The average molecular weight is 318 g/mol. The first-order chi connectivity index (χ1) is 10.5. The van der Waals surface area contributed by atoms with Crippen molar-refractivity contribution in [3.63, 3.8) is 0 Å². The molecule has 0 spiro atoms. The van der Waals surface area contributed by atoms with Gasteiger partial charge in [0.05, 0.1) is 5.69 Å². The van der Waals surface area contributed by atoms with Gasteiger partial charge in [0.1, 0.15) is 0 Å². The fourth-order valence-electron chi connectivity index (χ4n) is 2.25. The zero-order valence-corrected chi connectivity index (χ0v) is 14.3. The minimum Gasteiger partial charge on any atom is -0.334 e. The number of aromatic nitrogens is 2. The molecule has 6 heteroatoms. The van der Waals surface area contributed by atoms with E-state index in [4.69, 9.17) is 0 Å². The molecule has 0 aliphatic heterocycles. The van der Waals surface area contributed by atoms with Gasteiger partial charge in [-0.15, -0.1) is 11.8 Å². The Bertz CT molecular complexity index is 634. The Balaban J connectivity index is 1.92. The van der Waals surface area contributed by atoms with E-state index in [1.807, 2.05) is 32.2 Å². The molecule has 1 heterocycles. The number of thioether (sulfide) groups is 1. The van der Waals surface area contributed by atoms with E-state index in [0.29, 0.717) is 13.1 Å². The van der Waals surface area contributed by atoms with E-state index < -0.39 is 0 Å². The first-order valence-electron chi connectivity index (χ1n) is 7.13. The quantitative estimate of drug-likeness (QED) is 0.833. The van der Waals surface area contributed by atoms with E-state index in [1.165, 1.54) is 4.90 Å². The van der Waals surface area contributed by atoms with Crippen LogP contribution in [0, 0.1) is 13.8 Å². The largest absolute Gasteiger partial charge is 0.334 e. The maximum atomic E-state index is 12.2. The summed E-state index contributed by atoms with van der Waals surface area (Å²) in [5.74, 6) is 0. The van der Waals surface area contributed by atoms with Crippen molar-refractivity contribution in [2.75, 3.05) is 13.3 Å². The molecule has 22 heavy (non-hydrogen) atoms. The third kappa shape index (κ3) is 4.04. The van der Waals surface area contributed by atoms with Crippen molar-refractivity contribution in [2.24, 2.45) is 0 Å². The summed E-state index contributed by atoms with van der Waals surface area (Å²) < 4.78 is 0. The average Bonchev–Trinajstić information content (AvgIpc) is 2.83. The molecule has 0 bridgehead atoms. The maximum Gasteiger partial charge on any atom is 0.317 e. The molecule has 5 nitrogen and oxygen atoms in total. The van der Waals surface area contributed by atoms with Gasteiger partial charge in [-0.1, -0.05) is 12.1 Å². The first-order valence-corrected chi connectivity index (χ1v) is 8.36. The molecule has 0 saturated carbocycles. The summed E-state index contributed by atoms with van der Waals surface area (Å²) in [5.41, 5.74) is 4.09. The molecule has 0 aliphatic carbocycles. The smallest absolute Gasteiger partial charge is 0.317 e. The molecule has 0 saturated heterocycles. The molecular weight excluding hydrogens is 296 g/mol. The number of benzene rings is 1. The normalized spacial score (nSPS) is 10.5. The second-order valence-corrected chi connectivity index (χ2v) is 6.16. The lowest BCUT2D eigenvalue weighted by Gasteiger charge is -2.18. The highest BCUT2D eigenvalue weighted by molar-refractivity contribution is 7.98. The Kier molecular flexibility index (Phi) is 5.49. The Morgan fingerprint density at radius 3 is 2.82 bits per heavy atom. The Hall–Kier alpha value is -1.95. The molecule has 0 atom stereocenters. The van der Waals surface area contributed by atoms with E-state index >= 15 is 0 Å². The van der Waals surface area contributed by atoms with Crippen LogP contribution in [0.4, 0.5) is 4.79 Å². The van der Waals surface area contributed by atoms with Crippen LogP contribution in [0.5, 0.6) is 0 Å². The lowest BCUT2D eigenvalue weighted by atomic mass is 10.2. The molecule has 2 N–H and O–H groups in total. The number of H-pyrrole nitrogens is 1. The Morgan fingerprint density at radius 1 is 1.41 bits per heavy atom. The predicted octanol–water partition coefficient (Wildman–Crippen LogP) is 3.09. The lowest BCUT2D eigenvalue weighted by molar-refractivity contribution is 0.206. The van der Waals surface area contributed by atoms with Crippen molar-refractivity contribution < 1.29 is 4.79 Å². The van der Waals surface area contributed by atoms with Crippen molar-refractivity contribution in [3.05, 3.63) is 46.8 Å². The van der Waals surface area contributed by atoms with Crippen LogP contribution >= 0.6 is 11.8 Å². The fraction of sp³-hybridized carbons (Fsp3) is 0.375. The van der Waals surface area contributed by atoms with Crippen molar-refractivity contribution in [1.82, 2.24) is 20.4 Å². The molecular formula is C16H22N4OS. The molecule has 2 rings (SSSR count). The summed E-state index contributed by atoms with van der Waals surface area (Å²) in [6.45, 7) is 4.97. The maximum absolute atomic E-state index is 12.2. The second kappa shape index (κ2) is 7.35. The summed E-state index contributed by atoms with van der Waals surface area (Å²) in [5, 5.41) is 10.00. The van der Waals surface area contributed by atoms with Gasteiger partial charge >= 0.3 is 6.03 Å². The molecule has 118 valence electrons. The third-order valence-electron chi connectivity index (χ3n) is 3.60. The van der Waals surface area contributed by atoms with E-state index in [9.17, 15) is 4.79 Å². The Labute approximate surface area is 135 Å². The van der Waals surface area contributed by atoms with Crippen molar-refractivity contribution in [2.45, 2.75) is 31.8 Å². The van der Waals surface area contributed by atoms with Gasteiger partial charge in [-0.3, -0.25) is 5.10 Å².